The first-order valence-electron chi connectivity index (χ1n) is 8.47. The first-order chi connectivity index (χ1) is 13.4. The van der Waals surface area contributed by atoms with Gasteiger partial charge < -0.3 is 5.32 Å². The number of hydrogen-bond donors (Lipinski definition) is 1. The fourth-order valence-corrected chi connectivity index (χ4v) is 4.19. The second kappa shape index (κ2) is 10.1. The van der Waals surface area contributed by atoms with E-state index in [9.17, 15) is 13.2 Å². The van der Waals surface area contributed by atoms with Crippen LogP contribution in [0.2, 0.25) is 0 Å². The highest BCUT2D eigenvalue weighted by atomic mass is 79.9. The van der Waals surface area contributed by atoms with E-state index < -0.39 is 15.9 Å². The Labute approximate surface area is 174 Å². The van der Waals surface area contributed by atoms with Gasteiger partial charge in [0, 0.05) is 10.2 Å². The molecule has 0 aliphatic carbocycles. The summed E-state index contributed by atoms with van der Waals surface area (Å²) in [4.78, 5) is 12.6. The van der Waals surface area contributed by atoms with Gasteiger partial charge in [-0.05, 0) is 49.4 Å². The second-order valence-electron chi connectivity index (χ2n) is 5.70. The minimum absolute atomic E-state index is 0.00436. The van der Waals surface area contributed by atoms with E-state index in [1.807, 2.05) is 6.07 Å². The number of anilines is 2. The van der Waals surface area contributed by atoms with Crippen LogP contribution in [0.15, 0.2) is 94.9 Å². The van der Waals surface area contributed by atoms with Gasteiger partial charge in [-0.1, -0.05) is 58.9 Å². The number of carbonyl (C=O) groups is 1. The first-order valence-corrected chi connectivity index (χ1v) is 10.7. The SMILES string of the molecule is C=C/C(=C\C=C/C)S(=O)(=O)N(CC(=O)Nc1cccc(Br)c1)c1ccccc1. The van der Waals surface area contributed by atoms with Gasteiger partial charge in [0.25, 0.3) is 10.0 Å². The molecule has 0 spiro atoms. The Kier molecular flexibility index (Phi) is 7.78. The minimum Gasteiger partial charge on any atom is -0.324 e. The molecule has 0 aliphatic rings. The average Bonchev–Trinajstić information content (AvgIpc) is 2.67. The predicted molar refractivity (Wildman–Crippen MR) is 119 cm³/mol. The third kappa shape index (κ3) is 5.68. The van der Waals surface area contributed by atoms with Crippen LogP contribution in [0, 0.1) is 0 Å². The fraction of sp³-hybridized carbons (Fsp3) is 0.0952. The Morgan fingerprint density at radius 3 is 2.50 bits per heavy atom. The normalized spacial score (nSPS) is 12.0. The van der Waals surface area contributed by atoms with E-state index in [0.29, 0.717) is 11.4 Å². The number of nitrogens with one attached hydrogen (secondary N) is 1. The summed E-state index contributed by atoms with van der Waals surface area (Å²) in [5, 5.41) is 2.72. The van der Waals surface area contributed by atoms with Gasteiger partial charge >= 0.3 is 0 Å². The molecule has 2 aromatic rings. The molecule has 0 heterocycles. The van der Waals surface area contributed by atoms with Gasteiger partial charge in [0.05, 0.1) is 10.6 Å². The van der Waals surface area contributed by atoms with Gasteiger partial charge in [-0.3, -0.25) is 9.10 Å². The molecule has 1 amide bonds. The number of benzene rings is 2. The van der Waals surface area contributed by atoms with Crippen molar-refractivity contribution in [3.05, 3.63) is 94.9 Å². The molecule has 146 valence electrons. The number of allylic oxidation sites excluding steroid dienone is 4. The molecule has 0 bridgehead atoms. The Morgan fingerprint density at radius 1 is 1.18 bits per heavy atom. The number of hydrogen-bond acceptors (Lipinski definition) is 3. The van der Waals surface area contributed by atoms with E-state index in [2.05, 4.69) is 27.8 Å². The third-order valence-electron chi connectivity index (χ3n) is 3.68. The van der Waals surface area contributed by atoms with Crippen molar-refractivity contribution >= 4 is 43.2 Å². The maximum Gasteiger partial charge on any atom is 0.264 e. The van der Waals surface area contributed by atoms with E-state index >= 15 is 0 Å². The lowest BCUT2D eigenvalue weighted by Crippen LogP contribution is -2.38. The number of para-hydroxylation sites is 1. The summed E-state index contributed by atoms with van der Waals surface area (Å²) in [6.07, 6.45) is 6.03. The van der Waals surface area contributed by atoms with E-state index in [1.54, 1.807) is 67.6 Å². The van der Waals surface area contributed by atoms with Crippen molar-refractivity contribution in [3.8, 4) is 0 Å². The molecule has 1 N–H and O–H groups in total. The van der Waals surface area contributed by atoms with Crippen LogP contribution in [0.5, 0.6) is 0 Å². The zero-order chi connectivity index (χ0) is 20.6. The Balaban J connectivity index is 2.37. The van der Waals surface area contributed by atoms with E-state index in [4.69, 9.17) is 0 Å². The summed E-state index contributed by atoms with van der Waals surface area (Å²) in [6.45, 7) is 5.01. The van der Waals surface area contributed by atoms with Gasteiger partial charge in [-0.25, -0.2) is 8.42 Å². The molecule has 7 heteroatoms. The molecular formula is C21H21BrN2O3S. The monoisotopic (exact) mass is 460 g/mol. The third-order valence-corrected chi connectivity index (χ3v) is 5.99. The van der Waals surface area contributed by atoms with Gasteiger partial charge in [0.1, 0.15) is 6.54 Å². The van der Waals surface area contributed by atoms with Crippen molar-refractivity contribution in [2.24, 2.45) is 0 Å². The highest BCUT2D eigenvalue weighted by Gasteiger charge is 2.27. The molecule has 2 aromatic carbocycles. The molecule has 0 fully saturated rings. The molecule has 0 aliphatic heterocycles. The number of halogens is 1. The summed E-state index contributed by atoms with van der Waals surface area (Å²) >= 11 is 3.34. The maximum absolute atomic E-state index is 13.2. The van der Waals surface area contributed by atoms with Crippen LogP contribution >= 0.6 is 15.9 Å². The molecule has 5 nitrogen and oxygen atoms in total. The molecule has 0 radical (unpaired) electrons. The standard InChI is InChI=1S/C21H21BrN2O3S/c1-3-5-14-20(4-2)28(26,27)24(19-12-7-6-8-13-19)16-21(25)23-18-11-9-10-17(22)15-18/h3-15H,2,16H2,1H3,(H,23,25)/b5-3-,20-14+. The summed E-state index contributed by atoms with van der Waals surface area (Å²) in [5.74, 6) is -0.458. The van der Waals surface area contributed by atoms with Gasteiger partial charge in [0.15, 0.2) is 0 Å². The van der Waals surface area contributed by atoms with Crippen molar-refractivity contribution in [3.63, 3.8) is 0 Å². The quantitative estimate of drug-likeness (QED) is 0.571. The van der Waals surface area contributed by atoms with Gasteiger partial charge in [0.2, 0.25) is 5.91 Å². The number of sulfonamides is 1. The van der Waals surface area contributed by atoms with Crippen molar-refractivity contribution in [1.29, 1.82) is 0 Å². The zero-order valence-corrected chi connectivity index (χ0v) is 17.8. The second-order valence-corrected chi connectivity index (χ2v) is 8.48. The molecular weight excluding hydrogens is 440 g/mol. The lowest BCUT2D eigenvalue weighted by atomic mass is 10.3. The highest BCUT2D eigenvalue weighted by molar-refractivity contribution is 9.10. The molecule has 0 aromatic heterocycles. The molecule has 2 rings (SSSR count). The molecule has 28 heavy (non-hydrogen) atoms. The summed E-state index contributed by atoms with van der Waals surface area (Å²) in [5.41, 5.74) is 0.957. The summed E-state index contributed by atoms with van der Waals surface area (Å²) < 4.78 is 28.2. The lowest BCUT2D eigenvalue weighted by Gasteiger charge is -2.24. The van der Waals surface area contributed by atoms with Crippen molar-refractivity contribution in [2.75, 3.05) is 16.2 Å². The van der Waals surface area contributed by atoms with Gasteiger partial charge in [-0.2, -0.15) is 0 Å². The molecule has 0 saturated heterocycles. The Hall–Kier alpha value is -2.64. The van der Waals surface area contributed by atoms with E-state index in [1.165, 1.54) is 12.2 Å². The Bertz CT molecular complexity index is 999. The van der Waals surface area contributed by atoms with Crippen LogP contribution in [-0.4, -0.2) is 20.9 Å². The van der Waals surface area contributed by atoms with Crippen LogP contribution in [-0.2, 0) is 14.8 Å². The molecule has 0 saturated carbocycles. The molecule has 0 atom stereocenters. The van der Waals surface area contributed by atoms with Crippen molar-refractivity contribution in [2.45, 2.75) is 6.92 Å². The average molecular weight is 461 g/mol. The van der Waals surface area contributed by atoms with Crippen LogP contribution < -0.4 is 9.62 Å². The largest absolute Gasteiger partial charge is 0.324 e. The lowest BCUT2D eigenvalue weighted by molar-refractivity contribution is -0.114. The number of nitrogens with zero attached hydrogens (tertiary/aromatic N) is 1. The predicted octanol–water partition coefficient (Wildman–Crippen LogP) is 4.87. The van der Waals surface area contributed by atoms with Gasteiger partial charge in [-0.15, -0.1) is 0 Å². The first kappa shape index (κ1) is 21.7. The summed E-state index contributed by atoms with van der Waals surface area (Å²) in [7, 11) is -3.98. The molecule has 0 unspecified atom stereocenters. The fourth-order valence-electron chi connectivity index (χ4n) is 2.38. The number of rotatable bonds is 8. The highest BCUT2D eigenvalue weighted by Crippen LogP contribution is 2.23. The summed E-state index contributed by atoms with van der Waals surface area (Å²) in [6, 6.07) is 15.6. The minimum atomic E-state index is -3.98. The number of amides is 1. The maximum atomic E-state index is 13.2. The zero-order valence-electron chi connectivity index (χ0n) is 15.4. The Morgan fingerprint density at radius 2 is 1.89 bits per heavy atom. The van der Waals surface area contributed by atoms with Crippen LogP contribution in [0.4, 0.5) is 11.4 Å². The van der Waals surface area contributed by atoms with Crippen LogP contribution in [0.1, 0.15) is 6.92 Å². The van der Waals surface area contributed by atoms with Crippen molar-refractivity contribution < 1.29 is 13.2 Å². The number of carbonyl (C=O) groups excluding carboxylic acids is 1. The smallest absolute Gasteiger partial charge is 0.264 e. The van der Waals surface area contributed by atoms with Crippen LogP contribution in [0.25, 0.3) is 0 Å². The van der Waals surface area contributed by atoms with Crippen LogP contribution in [0.3, 0.4) is 0 Å². The van der Waals surface area contributed by atoms with E-state index in [-0.39, 0.29) is 11.4 Å². The van der Waals surface area contributed by atoms with Crippen molar-refractivity contribution in [1.82, 2.24) is 0 Å². The topological polar surface area (TPSA) is 66.5 Å². The van der Waals surface area contributed by atoms with E-state index in [0.717, 1.165) is 8.78 Å².